The highest BCUT2D eigenvalue weighted by atomic mass is 35.5. The number of nitrogens with zero attached hydrogens (tertiary/aromatic N) is 1. The Kier molecular flexibility index (Phi) is 6.13. The predicted molar refractivity (Wildman–Crippen MR) is 103 cm³/mol. The maximum atomic E-state index is 12.6. The van der Waals surface area contributed by atoms with Gasteiger partial charge in [0.25, 0.3) is 5.91 Å². The van der Waals surface area contributed by atoms with Crippen LogP contribution in [0.3, 0.4) is 0 Å². The number of hydrogen-bond donors (Lipinski definition) is 2. The molecule has 3 rings (SSSR count). The Morgan fingerprint density at radius 3 is 2.37 bits per heavy atom. The second-order valence-electron chi connectivity index (χ2n) is 6.03. The van der Waals surface area contributed by atoms with Crippen LogP contribution in [-0.2, 0) is 4.74 Å². The van der Waals surface area contributed by atoms with Crippen LogP contribution in [0.25, 0.3) is 0 Å². The van der Waals surface area contributed by atoms with Gasteiger partial charge in [-0.05, 0) is 62.6 Å². The Bertz CT molecular complexity index is 822. The van der Waals surface area contributed by atoms with E-state index in [0.29, 0.717) is 23.5 Å². The Hall–Kier alpha value is -2.80. The van der Waals surface area contributed by atoms with Gasteiger partial charge in [-0.3, -0.25) is 10.1 Å². The third kappa shape index (κ3) is 5.10. The molecule has 1 aromatic carbocycles. The molecule has 0 unspecified atom stereocenters. The van der Waals surface area contributed by atoms with Crippen LogP contribution in [0.4, 0.5) is 16.2 Å². The van der Waals surface area contributed by atoms with E-state index in [2.05, 4.69) is 15.6 Å². The van der Waals surface area contributed by atoms with Gasteiger partial charge in [0, 0.05) is 11.4 Å². The summed E-state index contributed by atoms with van der Waals surface area (Å²) < 4.78 is 10.6. The number of aromatic nitrogens is 1. The highest BCUT2D eigenvalue weighted by molar-refractivity contribution is 6.29. The van der Waals surface area contributed by atoms with E-state index in [-0.39, 0.29) is 23.0 Å². The van der Waals surface area contributed by atoms with Crippen LogP contribution in [0, 0.1) is 0 Å². The molecule has 1 saturated carbocycles. The number of pyridine rings is 1. The monoisotopic (exact) mass is 389 g/mol. The minimum Gasteiger partial charge on any atom is -0.474 e. The first-order valence-corrected chi connectivity index (χ1v) is 9.11. The van der Waals surface area contributed by atoms with E-state index < -0.39 is 6.09 Å². The zero-order valence-corrected chi connectivity index (χ0v) is 15.6. The average Bonchev–Trinajstić information content (AvgIpc) is 2.60. The zero-order valence-electron chi connectivity index (χ0n) is 14.8. The second kappa shape index (κ2) is 8.73. The van der Waals surface area contributed by atoms with Crippen molar-refractivity contribution < 1.29 is 19.1 Å². The first kappa shape index (κ1) is 19.0. The van der Waals surface area contributed by atoms with Crippen LogP contribution in [0.2, 0.25) is 5.15 Å². The number of rotatable bonds is 6. The second-order valence-corrected chi connectivity index (χ2v) is 6.42. The van der Waals surface area contributed by atoms with E-state index in [9.17, 15) is 9.59 Å². The lowest BCUT2D eigenvalue weighted by atomic mass is 9.96. The number of nitrogens with one attached hydrogen (secondary N) is 2. The molecule has 142 valence electrons. The van der Waals surface area contributed by atoms with Gasteiger partial charge in [-0.1, -0.05) is 11.6 Å². The molecule has 1 fully saturated rings. The Morgan fingerprint density at radius 2 is 1.78 bits per heavy atom. The first-order chi connectivity index (χ1) is 13.0. The summed E-state index contributed by atoms with van der Waals surface area (Å²) in [6.45, 7) is 2.02. The molecule has 1 aromatic heterocycles. The molecule has 0 atom stereocenters. The zero-order chi connectivity index (χ0) is 19.2. The van der Waals surface area contributed by atoms with Crippen molar-refractivity contribution in [2.24, 2.45) is 0 Å². The quantitative estimate of drug-likeness (QED) is 0.710. The lowest BCUT2D eigenvalue weighted by Gasteiger charge is -2.26. The van der Waals surface area contributed by atoms with Crippen molar-refractivity contribution in [3.8, 4) is 5.88 Å². The number of carbonyl (C=O) groups is 2. The molecular formula is C19H20ClN3O4. The lowest BCUT2D eigenvalue weighted by molar-refractivity contribution is 0.0979. The van der Waals surface area contributed by atoms with Crippen LogP contribution in [0.1, 0.15) is 36.5 Å². The largest absolute Gasteiger partial charge is 0.474 e. The smallest absolute Gasteiger partial charge is 0.411 e. The summed E-state index contributed by atoms with van der Waals surface area (Å²) in [5.74, 6) is -0.107. The fourth-order valence-electron chi connectivity index (χ4n) is 2.45. The molecule has 1 aliphatic carbocycles. The van der Waals surface area contributed by atoms with Gasteiger partial charge in [0.15, 0.2) is 0 Å². The van der Waals surface area contributed by atoms with E-state index in [4.69, 9.17) is 21.1 Å². The SMILES string of the molecule is CCOC(=O)Nc1ccc(NC(=O)c2ccc(Cl)nc2OC2CCC2)cc1. The molecule has 2 aromatic rings. The molecule has 1 aliphatic rings. The van der Waals surface area contributed by atoms with Crippen LogP contribution in [0.5, 0.6) is 5.88 Å². The van der Waals surface area contributed by atoms with E-state index in [1.165, 1.54) is 0 Å². The maximum Gasteiger partial charge on any atom is 0.411 e. The Balaban J connectivity index is 1.67. The van der Waals surface area contributed by atoms with Crippen LogP contribution in [0.15, 0.2) is 36.4 Å². The molecule has 0 spiro atoms. The molecule has 0 aliphatic heterocycles. The summed E-state index contributed by atoms with van der Waals surface area (Å²) in [4.78, 5) is 28.2. The van der Waals surface area contributed by atoms with Crippen molar-refractivity contribution in [1.82, 2.24) is 4.98 Å². The Morgan fingerprint density at radius 1 is 1.11 bits per heavy atom. The molecule has 2 N–H and O–H groups in total. The average molecular weight is 390 g/mol. The van der Waals surface area contributed by atoms with Gasteiger partial charge in [0.05, 0.1) is 6.61 Å². The summed E-state index contributed by atoms with van der Waals surface area (Å²) in [6, 6.07) is 9.83. The van der Waals surface area contributed by atoms with Crippen LogP contribution >= 0.6 is 11.6 Å². The van der Waals surface area contributed by atoms with Gasteiger partial charge in [-0.25, -0.2) is 9.78 Å². The highest BCUT2D eigenvalue weighted by Crippen LogP contribution is 2.28. The summed E-state index contributed by atoms with van der Waals surface area (Å²) in [5.41, 5.74) is 1.45. The van der Waals surface area contributed by atoms with Gasteiger partial charge in [0.1, 0.15) is 16.8 Å². The van der Waals surface area contributed by atoms with Crippen molar-refractivity contribution >= 4 is 35.0 Å². The third-order valence-corrected chi connectivity index (χ3v) is 4.28. The predicted octanol–water partition coefficient (Wildman–Crippen LogP) is 4.49. The molecule has 0 saturated heterocycles. The van der Waals surface area contributed by atoms with E-state index in [0.717, 1.165) is 19.3 Å². The highest BCUT2D eigenvalue weighted by Gasteiger charge is 2.23. The minimum absolute atomic E-state index is 0.0794. The van der Waals surface area contributed by atoms with Gasteiger partial charge >= 0.3 is 6.09 Å². The number of amides is 2. The van der Waals surface area contributed by atoms with Crippen molar-refractivity contribution in [3.63, 3.8) is 0 Å². The number of carbonyl (C=O) groups excluding carboxylic acids is 2. The first-order valence-electron chi connectivity index (χ1n) is 8.73. The summed E-state index contributed by atoms with van der Waals surface area (Å²) in [6.07, 6.45) is 2.56. The fourth-order valence-corrected chi connectivity index (χ4v) is 2.59. The summed E-state index contributed by atoms with van der Waals surface area (Å²) in [5, 5.41) is 5.65. The number of halogens is 1. The van der Waals surface area contributed by atoms with Crippen molar-refractivity contribution in [2.75, 3.05) is 17.2 Å². The maximum absolute atomic E-state index is 12.6. The molecule has 7 nitrogen and oxygen atoms in total. The Labute approximate surface area is 162 Å². The van der Waals surface area contributed by atoms with E-state index in [1.54, 1.807) is 43.3 Å². The molecule has 0 bridgehead atoms. The van der Waals surface area contributed by atoms with Crippen LogP contribution in [-0.4, -0.2) is 29.7 Å². The normalized spacial score (nSPS) is 13.4. The standard InChI is InChI=1S/C19H20ClN3O4/c1-2-26-19(25)22-13-8-6-12(7-9-13)21-17(24)15-10-11-16(20)23-18(15)27-14-4-3-5-14/h6-11,14H,2-5H2,1H3,(H,21,24)(H,22,25). The van der Waals surface area contributed by atoms with Crippen molar-refractivity contribution in [3.05, 3.63) is 47.1 Å². The lowest BCUT2D eigenvalue weighted by Crippen LogP contribution is -2.26. The number of benzene rings is 1. The number of anilines is 2. The molecular weight excluding hydrogens is 370 g/mol. The topological polar surface area (TPSA) is 89.6 Å². The third-order valence-electron chi connectivity index (χ3n) is 4.07. The molecule has 2 amide bonds. The van der Waals surface area contributed by atoms with Gasteiger partial charge < -0.3 is 14.8 Å². The van der Waals surface area contributed by atoms with Crippen molar-refractivity contribution in [1.29, 1.82) is 0 Å². The van der Waals surface area contributed by atoms with E-state index >= 15 is 0 Å². The van der Waals surface area contributed by atoms with Gasteiger partial charge in [-0.15, -0.1) is 0 Å². The van der Waals surface area contributed by atoms with Gasteiger partial charge in [-0.2, -0.15) is 0 Å². The molecule has 0 radical (unpaired) electrons. The molecule has 8 heteroatoms. The van der Waals surface area contributed by atoms with Crippen LogP contribution < -0.4 is 15.4 Å². The van der Waals surface area contributed by atoms with E-state index in [1.807, 2.05) is 0 Å². The summed E-state index contributed by atoms with van der Waals surface area (Å²) >= 11 is 5.94. The minimum atomic E-state index is -0.528. The number of ether oxygens (including phenoxy) is 2. The van der Waals surface area contributed by atoms with Gasteiger partial charge in [0.2, 0.25) is 5.88 Å². The summed E-state index contributed by atoms with van der Waals surface area (Å²) in [7, 11) is 0. The molecule has 27 heavy (non-hydrogen) atoms. The van der Waals surface area contributed by atoms with Crippen molar-refractivity contribution in [2.45, 2.75) is 32.3 Å². The molecule has 1 heterocycles. The number of hydrogen-bond acceptors (Lipinski definition) is 5. The fraction of sp³-hybridized carbons (Fsp3) is 0.316.